The van der Waals surface area contributed by atoms with Crippen LogP contribution in [-0.4, -0.2) is 74.1 Å². The van der Waals surface area contributed by atoms with E-state index in [1.807, 2.05) is 0 Å². The molecule has 154 valence electrons. The number of carbonyl (C=O) groups is 2. The number of nitrogens with zero attached hydrogens (tertiary/aromatic N) is 3. The summed E-state index contributed by atoms with van der Waals surface area (Å²) in [6, 6.07) is 4.89. The summed E-state index contributed by atoms with van der Waals surface area (Å²) in [4.78, 5) is 27.0. The second-order valence-electron chi connectivity index (χ2n) is 7.12. The molecule has 1 atom stereocenters. The van der Waals surface area contributed by atoms with Crippen LogP contribution < -0.4 is 0 Å². The van der Waals surface area contributed by atoms with Gasteiger partial charge in [0.05, 0.1) is 11.7 Å². The van der Waals surface area contributed by atoms with Crippen LogP contribution >= 0.6 is 23.2 Å². The van der Waals surface area contributed by atoms with Gasteiger partial charge >= 0.3 is 0 Å². The Bertz CT molecular complexity index is 821. The molecular weight excluding hydrogens is 425 g/mol. The lowest BCUT2D eigenvalue weighted by Crippen LogP contribution is -2.52. The van der Waals surface area contributed by atoms with Gasteiger partial charge in [-0.3, -0.25) is 9.59 Å². The first-order valence-corrected chi connectivity index (χ1v) is 11.6. The van der Waals surface area contributed by atoms with Crippen molar-refractivity contribution in [3.63, 3.8) is 0 Å². The van der Waals surface area contributed by atoms with Gasteiger partial charge in [-0.25, -0.2) is 12.7 Å². The largest absolute Gasteiger partial charge is 0.342 e. The van der Waals surface area contributed by atoms with Crippen LogP contribution in [0.1, 0.15) is 18.4 Å². The number of piperazine rings is 1. The van der Waals surface area contributed by atoms with Crippen molar-refractivity contribution in [2.45, 2.75) is 18.6 Å². The SMILES string of the molecule is O=CN1CCN(C(=O)[C@@H]2CCCN(S(=O)(=O)Cc3c(Cl)cccc3Cl)C2)CC1. The summed E-state index contributed by atoms with van der Waals surface area (Å²) in [5, 5.41) is 0.627. The van der Waals surface area contributed by atoms with Crippen LogP contribution in [0.25, 0.3) is 0 Å². The zero-order valence-corrected chi connectivity index (χ0v) is 17.7. The van der Waals surface area contributed by atoms with E-state index in [4.69, 9.17) is 23.2 Å². The number of halogens is 2. The number of rotatable bonds is 5. The smallest absolute Gasteiger partial charge is 0.227 e. The van der Waals surface area contributed by atoms with Crippen molar-refractivity contribution in [1.82, 2.24) is 14.1 Å². The minimum absolute atomic E-state index is 0.0405. The average Bonchev–Trinajstić information content (AvgIpc) is 2.70. The minimum Gasteiger partial charge on any atom is -0.342 e. The third kappa shape index (κ3) is 4.79. The van der Waals surface area contributed by atoms with Crippen LogP contribution in [0.3, 0.4) is 0 Å². The number of hydrogen-bond acceptors (Lipinski definition) is 4. The Hall–Kier alpha value is -1.35. The molecule has 3 rings (SSSR count). The molecule has 2 fully saturated rings. The molecule has 28 heavy (non-hydrogen) atoms. The molecule has 2 heterocycles. The Labute approximate surface area is 175 Å². The summed E-state index contributed by atoms with van der Waals surface area (Å²) in [7, 11) is -3.65. The molecule has 2 aliphatic rings. The highest BCUT2D eigenvalue weighted by atomic mass is 35.5. The van der Waals surface area contributed by atoms with E-state index in [2.05, 4.69) is 0 Å². The van der Waals surface area contributed by atoms with Gasteiger partial charge in [-0.15, -0.1) is 0 Å². The van der Waals surface area contributed by atoms with Crippen molar-refractivity contribution < 1.29 is 18.0 Å². The number of hydrogen-bond donors (Lipinski definition) is 0. The van der Waals surface area contributed by atoms with E-state index in [1.54, 1.807) is 28.0 Å². The second kappa shape index (κ2) is 8.98. The van der Waals surface area contributed by atoms with E-state index in [0.29, 0.717) is 61.2 Å². The molecule has 2 aliphatic heterocycles. The molecule has 0 spiro atoms. The Balaban J connectivity index is 1.67. The maximum atomic E-state index is 12.9. The van der Waals surface area contributed by atoms with E-state index in [0.717, 1.165) is 6.41 Å². The second-order valence-corrected chi connectivity index (χ2v) is 9.90. The highest BCUT2D eigenvalue weighted by molar-refractivity contribution is 7.88. The summed E-state index contributed by atoms with van der Waals surface area (Å²) in [6.45, 7) is 2.53. The Morgan fingerprint density at radius 1 is 1.11 bits per heavy atom. The van der Waals surface area contributed by atoms with Gasteiger partial charge < -0.3 is 9.80 Å². The molecule has 2 amide bonds. The molecule has 0 radical (unpaired) electrons. The molecule has 7 nitrogen and oxygen atoms in total. The van der Waals surface area contributed by atoms with Gasteiger partial charge in [0.1, 0.15) is 0 Å². The lowest BCUT2D eigenvalue weighted by atomic mass is 9.98. The highest BCUT2D eigenvalue weighted by Gasteiger charge is 2.35. The first-order chi connectivity index (χ1) is 13.3. The Morgan fingerprint density at radius 3 is 2.36 bits per heavy atom. The molecule has 10 heteroatoms. The number of carbonyl (C=O) groups excluding carboxylic acids is 2. The number of amides is 2. The summed E-state index contributed by atoms with van der Waals surface area (Å²) >= 11 is 12.2. The molecule has 0 saturated carbocycles. The normalized spacial score (nSPS) is 21.6. The molecule has 0 aliphatic carbocycles. The standard InChI is InChI=1S/C18H23Cl2N3O4S/c19-16-4-1-5-17(20)15(16)12-28(26,27)23-6-2-3-14(11-23)18(25)22-9-7-21(13-24)8-10-22/h1,4-5,13-14H,2-3,6-12H2/t14-/m1/s1. The first-order valence-electron chi connectivity index (χ1n) is 9.20. The predicted molar refractivity (Wildman–Crippen MR) is 108 cm³/mol. The van der Waals surface area contributed by atoms with Gasteiger partial charge in [0.2, 0.25) is 22.3 Å². The number of benzene rings is 1. The molecule has 0 aromatic heterocycles. The Kier molecular flexibility index (Phi) is 6.85. The Morgan fingerprint density at radius 2 is 1.75 bits per heavy atom. The maximum Gasteiger partial charge on any atom is 0.227 e. The first kappa shape index (κ1) is 21.4. The van der Waals surface area contributed by atoms with E-state index in [-0.39, 0.29) is 24.1 Å². The fraction of sp³-hybridized carbons (Fsp3) is 0.556. The minimum atomic E-state index is -3.65. The van der Waals surface area contributed by atoms with Gasteiger partial charge in [-0.05, 0) is 25.0 Å². The van der Waals surface area contributed by atoms with Crippen LogP contribution in [0, 0.1) is 5.92 Å². The van der Waals surface area contributed by atoms with Crippen molar-refractivity contribution in [1.29, 1.82) is 0 Å². The summed E-state index contributed by atoms with van der Waals surface area (Å²) in [5.41, 5.74) is 0.379. The van der Waals surface area contributed by atoms with Gasteiger partial charge in [0.25, 0.3) is 0 Å². The lowest BCUT2D eigenvalue weighted by molar-refractivity contribution is -0.140. The highest BCUT2D eigenvalue weighted by Crippen LogP contribution is 2.29. The molecular formula is C18H23Cl2N3O4S. The van der Waals surface area contributed by atoms with Crippen LogP contribution in [0.2, 0.25) is 10.0 Å². The average molecular weight is 448 g/mol. The van der Waals surface area contributed by atoms with Gasteiger partial charge in [-0.1, -0.05) is 29.3 Å². The molecule has 0 N–H and O–H groups in total. The molecule has 1 aromatic rings. The zero-order chi connectivity index (χ0) is 20.3. The predicted octanol–water partition coefficient (Wildman–Crippen LogP) is 1.84. The fourth-order valence-corrected chi connectivity index (χ4v) is 6.01. The van der Waals surface area contributed by atoms with E-state index in [9.17, 15) is 18.0 Å². The van der Waals surface area contributed by atoms with Gasteiger partial charge in [0, 0.05) is 54.9 Å². The van der Waals surface area contributed by atoms with E-state index >= 15 is 0 Å². The van der Waals surface area contributed by atoms with E-state index < -0.39 is 10.0 Å². The summed E-state index contributed by atoms with van der Waals surface area (Å²) in [5.74, 6) is -0.695. The third-order valence-corrected chi connectivity index (χ3v) is 7.77. The van der Waals surface area contributed by atoms with Crippen molar-refractivity contribution in [3.05, 3.63) is 33.8 Å². The zero-order valence-electron chi connectivity index (χ0n) is 15.4. The molecule has 0 unspecified atom stereocenters. The summed E-state index contributed by atoms with van der Waals surface area (Å²) in [6.07, 6.45) is 2.07. The van der Waals surface area contributed by atoms with E-state index in [1.165, 1.54) is 4.31 Å². The number of piperidine rings is 1. The van der Waals surface area contributed by atoms with Crippen LogP contribution in [0.5, 0.6) is 0 Å². The topological polar surface area (TPSA) is 78.0 Å². The molecule has 0 bridgehead atoms. The third-order valence-electron chi connectivity index (χ3n) is 5.29. The maximum absolute atomic E-state index is 12.9. The summed E-state index contributed by atoms with van der Waals surface area (Å²) < 4.78 is 27.2. The van der Waals surface area contributed by atoms with Crippen LogP contribution in [0.15, 0.2) is 18.2 Å². The van der Waals surface area contributed by atoms with Gasteiger partial charge in [0.15, 0.2) is 0 Å². The van der Waals surface area contributed by atoms with Crippen molar-refractivity contribution >= 4 is 45.5 Å². The van der Waals surface area contributed by atoms with Crippen LogP contribution in [0.4, 0.5) is 0 Å². The van der Waals surface area contributed by atoms with Crippen molar-refractivity contribution in [3.8, 4) is 0 Å². The molecule has 2 saturated heterocycles. The molecule has 1 aromatic carbocycles. The number of sulfonamides is 1. The van der Waals surface area contributed by atoms with Crippen molar-refractivity contribution in [2.75, 3.05) is 39.3 Å². The van der Waals surface area contributed by atoms with Gasteiger partial charge in [-0.2, -0.15) is 0 Å². The quantitative estimate of drug-likeness (QED) is 0.645. The monoisotopic (exact) mass is 447 g/mol. The lowest BCUT2D eigenvalue weighted by Gasteiger charge is -2.37. The van der Waals surface area contributed by atoms with Crippen molar-refractivity contribution in [2.24, 2.45) is 5.92 Å². The van der Waals surface area contributed by atoms with Crippen LogP contribution in [-0.2, 0) is 25.4 Å². The fourth-order valence-electron chi connectivity index (χ4n) is 3.65.